The van der Waals surface area contributed by atoms with Gasteiger partial charge in [-0.2, -0.15) is 0 Å². The predicted molar refractivity (Wildman–Crippen MR) is 139 cm³/mol. The summed E-state index contributed by atoms with van der Waals surface area (Å²) in [6, 6.07) is 2.06. The highest BCUT2D eigenvalue weighted by atomic mass is 35.5. The summed E-state index contributed by atoms with van der Waals surface area (Å²) in [5.74, 6) is -2.63. The number of anilines is 1. The average molecular weight is 549 g/mol. The predicted octanol–water partition coefficient (Wildman–Crippen LogP) is 5.55. The molecule has 3 unspecified atom stereocenters. The Bertz CT molecular complexity index is 1280. The second kappa shape index (κ2) is 8.61. The monoisotopic (exact) mass is 548 g/mol. The zero-order valence-corrected chi connectivity index (χ0v) is 23.1. The Kier molecular flexibility index (Phi) is 6.13. The van der Waals surface area contributed by atoms with Crippen LogP contribution in [0.25, 0.3) is 0 Å². The van der Waals surface area contributed by atoms with E-state index < -0.39 is 40.3 Å². The maximum Gasteiger partial charge on any atom is 0.324 e. The number of esters is 1. The molecule has 0 aromatic carbocycles. The Balaban J connectivity index is 1.81. The summed E-state index contributed by atoms with van der Waals surface area (Å²) in [4.78, 5) is 36.3. The number of ether oxygens (including phenoxy) is 1. The number of aromatic nitrogens is 2. The van der Waals surface area contributed by atoms with Gasteiger partial charge in [-0.1, -0.05) is 37.0 Å². The third-order valence-electron chi connectivity index (χ3n) is 8.22. The minimum atomic E-state index is -1.37. The van der Waals surface area contributed by atoms with Gasteiger partial charge >= 0.3 is 5.97 Å². The third-order valence-corrected chi connectivity index (χ3v) is 8.69. The van der Waals surface area contributed by atoms with Crippen molar-refractivity contribution in [1.29, 1.82) is 0 Å². The van der Waals surface area contributed by atoms with E-state index in [9.17, 15) is 9.59 Å². The highest BCUT2D eigenvalue weighted by Crippen LogP contribution is 2.64. The van der Waals surface area contributed by atoms with Gasteiger partial charge in [-0.15, -0.1) is 0 Å². The van der Waals surface area contributed by atoms with Crippen molar-refractivity contribution in [2.75, 3.05) is 5.32 Å². The van der Waals surface area contributed by atoms with Gasteiger partial charge in [0.1, 0.15) is 22.2 Å². The van der Waals surface area contributed by atoms with E-state index in [0.717, 1.165) is 12.8 Å². The topological polar surface area (TPSA) is 93.2 Å². The zero-order valence-electron chi connectivity index (χ0n) is 21.5. The molecule has 2 spiro atoms. The van der Waals surface area contributed by atoms with Gasteiger partial charge in [-0.25, -0.2) is 14.4 Å². The summed E-state index contributed by atoms with van der Waals surface area (Å²) in [5, 5.41) is 6.43. The Labute approximate surface area is 225 Å². The van der Waals surface area contributed by atoms with Crippen molar-refractivity contribution >= 4 is 40.8 Å². The number of rotatable bonds is 2. The van der Waals surface area contributed by atoms with E-state index in [1.807, 2.05) is 0 Å². The lowest BCUT2D eigenvalue weighted by Crippen LogP contribution is -2.61. The zero-order chi connectivity index (χ0) is 27.0. The standard InChI is InChI=1S/C27H31Cl2FN4O3/c1-24(2,3)37-22(35)20-18(14-6-11-31-21(29)19(14)30)27(26(34-20)9-7-25(4,5)8-10-26)15-13-32-17(28)12-16(15)33-23(27)36/h6,11-13,18,20,34H,7-10H2,1-5H3,(H,33,36). The summed E-state index contributed by atoms with van der Waals surface area (Å²) in [6.07, 6.45) is 5.75. The number of carbonyl (C=O) groups is 2. The molecular formula is C27H31Cl2FN4O3. The number of amides is 1. The molecule has 1 amide bonds. The molecule has 2 N–H and O–H groups in total. The van der Waals surface area contributed by atoms with E-state index in [1.165, 1.54) is 12.3 Å². The molecule has 1 aliphatic carbocycles. The molecule has 3 aliphatic rings. The van der Waals surface area contributed by atoms with Crippen molar-refractivity contribution < 1.29 is 18.7 Å². The van der Waals surface area contributed by atoms with E-state index in [1.54, 1.807) is 33.0 Å². The first kappa shape index (κ1) is 26.3. The molecule has 5 rings (SSSR count). The highest BCUT2D eigenvalue weighted by Gasteiger charge is 2.73. The number of fused-ring (bicyclic) bond motifs is 3. The van der Waals surface area contributed by atoms with Crippen LogP contribution in [-0.2, 0) is 19.7 Å². The Morgan fingerprint density at radius 1 is 1.16 bits per heavy atom. The number of carbonyl (C=O) groups excluding carboxylic acids is 2. The largest absolute Gasteiger partial charge is 0.459 e. The lowest BCUT2D eigenvalue weighted by molar-refractivity contribution is -0.157. The van der Waals surface area contributed by atoms with Crippen LogP contribution in [0.1, 0.15) is 77.3 Å². The van der Waals surface area contributed by atoms with Gasteiger partial charge in [0.15, 0.2) is 11.0 Å². The first-order chi connectivity index (χ1) is 17.2. The number of halogens is 3. The Morgan fingerprint density at radius 2 is 1.84 bits per heavy atom. The highest BCUT2D eigenvalue weighted by molar-refractivity contribution is 6.30. The van der Waals surface area contributed by atoms with Crippen molar-refractivity contribution in [2.24, 2.45) is 5.41 Å². The first-order valence-corrected chi connectivity index (χ1v) is 13.2. The van der Waals surface area contributed by atoms with Crippen LogP contribution >= 0.6 is 23.2 Å². The summed E-state index contributed by atoms with van der Waals surface area (Å²) >= 11 is 12.3. The maximum atomic E-state index is 15.8. The van der Waals surface area contributed by atoms with E-state index in [4.69, 9.17) is 27.9 Å². The van der Waals surface area contributed by atoms with Crippen LogP contribution in [-0.4, -0.2) is 39.0 Å². The van der Waals surface area contributed by atoms with E-state index in [-0.39, 0.29) is 27.2 Å². The molecular weight excluding hydrogens is 518 g/mol. The molecule has 37 heavy (non-hydrogen) atoms. The second-order valence-electron chi connectivity index (χ2n) is 12.2. The number of hydrogen-bond donors (Lipinski definition) is 2. The van der Waals surface area contributed by atoms with Gasteiger partial charge in [0.2, 0.25) is 5.91 Å². The fraction of sp³-hybridized carbons (Fsp3) is 0.556. The molecule has 1 saturated carbocycles. The summed E-state index contributed by atoms with van der Waals surface area (Å²) in [5.41, 5.74) is -1.77. The van der Waals surface area contributed by atoms with Crippen molar-refractivity contribution in [1.82, 2.24) is 15.3 Å². The molecule has 4 heterocycles. The van der Waals surface area contributed by atoms with Crippen LogP contribution in [0, 0.1) is 11.2 Å². The number of nitrogens with one attached hydrogen (secondary N) is 2. The molecule has 0 bridgehead atoms. The molecule has 10 heteroatoms. The fourth-order valence-electron chi connectivity index (χ4n) is 6.55. The van der Waals surface area contributed by atoms with Gasteiger partial charge < -0.3 is 10.1 Å². The molecule has 2 fully saturated rings. The average Bonchev–Trinajstić information content (AvgIpc) is 3.25. The molecule has 0 radical (unpaired) electrons. The Morgan fingerprint density at radius 3 is 2.49 bits per heavy atom. The van der Waals surface area contributed by atoms with Crippen molar-refractivity contribution in [3.05, 3.63) is 51.8 Å². The molecule has 1 saturated heterocycles. The minimum Gasteiger partial charge on any atom is -0.459 e. The van der Waals surface area contributed by atoms with Gasteiger partial charge in [0.05, 0.1) is 0 Å². The smallest absolute Gasteiger partial charge is 0.324 e. The number of pyridine rings is 2. The van der Waals surface area contributed by atoms with E-state index >= 15 is 4.39 Å². The molecule has 2 aliphatic heterocycles. The number of nitrogens with zero attached hydrogens (tertiary/aromatic N) is 2. The summed E-state index contributed by atoms with van der Waals surface area (Å²) in [7, 11) is 0. The van der Waals surface area contributed by atoms with Gasteiger partial charge in [-0.3, -0.25) is 14.9 Å². The maximum absolute atomic E-state index is 15.8. The Hall–Kier alpha value is -2.29. The summed E-state index contributed by atoms with van der Waals surface area (Å²) < 4.78 is 21.6. The van der Waals surface area contributed by atoms with Crippen LogP contribution in [0.15, 0.2) is 24.5 Å². The normalized spacial score (nSPS) is 27.8. The van der Waals surface area contributed by atoms with Gasteiger partial charge in [-0.05, 0) is 69.6 Å². The second-order valence-corrected chi connectivity index (χ2v) is 12.9. The molecule has 2 aromatic rings. The van der Waals surface area contributed by atoms with Crippen LogP contribution < -0.4 is 10.6 Å². The third kappa shape index (κ3) is 4.03. The van der Waals surface area contributed by atoms with Crippen LogP contribution in [0.5, 0.6) is 0 Å². The minimum absolute atomic E-state index is 0.0506. The van der Waals surface area contributed by atoms with Crippen molar-refractivity contribution in [3.63, 3.8) is 0 Å². The molecule has 7 nitrogen and oxygen atoms in total. The van der Waals surface area contributed by atoms with Gasteiger partial charge in [0, 0.05) is 35.1 Å². The van der Waals surface area contributed by atoms with E-state index in [0.29, 0.717) is 24.1 Å². The quantitative estimate of drug-likeness (QED) is 0.377. The number of hydrogen-bond acceptors (Lipinski definition) is 6. The molecule has 2 aromatic heterocycles. The van der Waals surface area contributed by atoms with Crippen molar-refractivity contribution in [2.45, 2.75) is 88.8 Å². The lowest BCUT2D eigenvalue weighted by Gasteiger charge is -2.50. The van der Waals surface area contributed by atoms with Crippen molar-refractivity contribution in [3.8, 4) is 0 Å². The molecule has 198 valence electrons. The first-order valence-electron chi connectivity index (χ1n) is 12.5. The molecule has 3 atom stereocenters. The SMILES string of the molecule is CC1(C)CCC2(CC1)NC(C(=O)OC(C)(C)C)C(c1ccnc(Cl)c1F)C21C(=O)Nc2cc(Cl)ncc21. The fourth-order valence-corrected chi connectivity index (χ4v) is 6.88. The van der Waals surface area contributed by atoms with Gasteiger partial charge in [0.25, 0.3) is 0 Å². The van der Waals surface area contributed by atoms with E-state index in [2.05, 4.69) is 34.4 Å². The summed E-state index contributed by atoms with van der Waals surface area (Å²) in [6.45, 7) is 9.71. The van der Waals surface area contributed by atoms with Crippen LogP contribution in [0.3, 0.4) is 0 Å². The van der Waals surface area contributed by atoms with Crippen LogP contribution in [0.2, 0.25) is 10.3 Å². The van der Waals surface area contributed by atoms with Crippen LogP contribution in [0.4, 0.5) is 10.1 Å². The lowest BCUT2D eigenvalue weighted by atomic mass is 9.53.